The number of para-hydroxylation sites is 1. The molecule has 0 aliphatic carbocycles. The summed E-state index contributed by atoms with van der Waals surface area (Å²) in [6.07, 6.45) is 1.94. The summed E-state index contributed by atoms with van der Waals surface area (Å²) in [5, 5.41) is 3.01. The lowest BCUT2D eigenvalue weighted by atomic mass is 10.0. The van der Waals surface area contributed by atoms with Gasteiger partial charge in [0.15, 0.2) is 0 Å². The Kier molecular flexibility index (Phi) is 5.66. The van der Waals surface area contributed by atoms with E-state index in [4.69, 9.17) is 9.47 Å². The SMILES string of the molecule is COc1ccc(C2CCCN2C(=O)Nc2cccc(Oc3ccccc3)c2)cc1. The van der Waals surface area contributed by atoms with Crippen LogP contribution in [0.25, 0.3) is 0 Å². The molecular formula is C24H24N2O3. The number of hydrogen-bond acceptors (Lipinski definition) is 3. The first-order valence-electron chi connectivity index (χ1n) is 9.77. The van der Waals surface area contributed by atoms with Crippen molar-refractivity contribution in [2.75, 3.05) is 19.0 Å². The summed E-state index contributed by atoms with van der Waals surface area (Å²) in [4.78, 5) is 14.8. The highest BCUT2D eigenvalue weighted by Gasteiger charge is 2.30. The molecule has 2 amide bonds. The Morgan fingerprint density at radius 3 is 2.45 bits per heavy atom. The molecule has 0 aromatic heterocycles. The molecule has 5 nitrogen and oxygen atoms in total. The number of nitrogens with zero attached hydrogens (tertiary/aromatic N) is 1. The highest BCUT2D eigenvalue weighted by Crippen LogP contribution is 2.33. The predicted molar refractivity (Wildman–Crippen MR) is 114 cm³/mol. The topological polar surface area (TPSA) is 50.8 Å². The molecule has 1 atom stereocenters. The van der Waals surface area contributed by atoms with Crippen molar-refractivity contribution in [2.45, 2.75) is 18.9 Å². The molecule has 0 radical (unpaired) electrons. The van der Waals surface area contributed by atoms with Crippen LogP contribution in [0.4, 0.5) is 10.5 Å². The zero-order chi connectivity index (χ0) is 20.1. The van der Waals surface area contributed by atoms with Gasteiger partial charge in [-0.05, 0) is 54.8 Å². The van der Waals surface area contributed by atoms with E-state index in [1.807, 2.05) is 83.8 Å². The van der Waals surface area contributed by atoms with Crippen molar-refractivity contribution >= 4 is 11.7 Å². The van der Waals surface area contributed by atoms with E-state index in [1.54, 1.807) is 7.11 Å². The van der Waals surface area contributed by atoms with Gasteiger partial charge in [0.1, 0.15) is 17.2 Å². The molecule has 5 heteroatoms. The number of urea groups is 1. The van der Waals surface area contributed by atoms with Gasteiger partial charge in [0.25, 0.3) is 0 Å². The number of rotatable bonds is 5. The molecule has 0 saturated carbocycles. The van der Waals surface area contributed by atoms with Gasteiger partial charge in [-0.2, -0.15) is 0 Å². The lowest BCUT2D eigenvalue weighted by Crippen LogP contribution is -2.34. The Hall–Kier alpha value is -3.47. The average Bonchev–Trinajstić information content (AvgIpc) is 3.25. The second-order valence-electron chi connectivity index (χ2n) is 7.00. The van der Waals surface area contributed by atoms with Crippen molar-refractivity contribution < 1.29 is 14.3 Å². The normalized spacial score (nSPS) is 15.8. The van der Waals surface area contributed by atoms with Crippen LogP contribution in [0.5, 0.6) is 17.2 Å². The number of ether oxygens (including phenoxy) is 2. The molecule has 1 heterocycles. The van der Waals surface area contributed by atoms with Gasteiger partial charge < -0.3 is 19.7 Å². The molecule has 148 valence electrons. The molecule has 1 unspecified atom stereocenters. The van der Waals surface area contributed by atoms with E-state index in [-0.39, 0.29) is 12.1 Å². The summed E-state index contributed by atoms with van der Waals surface area (Å²) in [6.45, 7) is 0.739. The fourth-order valence-corrected chi connectivity index (χ4v) is 3.64. The molecule has 3 aromatic carbocycles. The van der Waals surface area contributed by atoms with Crippen molar-refractivity contribution in [1.29, 1.82) is 0 Å². The predicted octanol–water partition coefficient (Wildman–Crippen LogP) is 5.86. The Morgan fingerprint density at radius 1 is 0.931 bits per heavy atom. The molecule has 0 bridgehead atoms. The van der Waals surface area contributed by atoms with Crippen LogP contribution >= 0.6 is 0 Å². The molecule has 1 fully saturated rings. The van der Waals surface area contributed by atoms with Crippen molar-refractivity contribution in [2.24, 2.45) is 0 Å². The van der Waals surface area contributed by atoms with Crippen molar-refractivity contribution in [3.05, 3.63) is 84.4 Å². The number of carbonyl (C=O) groups excluding carboxylic acids is 1. The highest BCUT2D eigenvalue weighted by atomic mass is 16.5. The summed E-state index contributed by atoms with van der Waals surface area (Å²) in [7, 11) is 1.65. The third-order valence-electron chi connectivity index (χ3n) is 5.08. The first-order chi connectivity index (χ1) is 14.2. The fourth-order valence-electron chi connectivity index (χ4n) is 3.64. The Bertz CT molecular complexity index is 957. The number of anilines is 1. The molecule has 1 aliphatic rings. The lowest BCUT2D eigenvalue weighted by molar-refractivity contribution is 0.207. The second-order valence-corrected chi connectivity index (χ2v) is 7.00. The maximum Gasteiger partial charge on any atom is 0.322 e. The van der Waals surface area contributed by atoms with Crippen LogP contribution < -0.4 is 14.8 Å². The second kappa shape index (κ2) is 8.69. The van der Waals surface area contributed by atoms with E-state index in [0.717, 1.165) is 36.4 Å². The van der Waals surface area contributed by atoms with E-state index in [1.165, 1.54) is 0 Å². The van der Waals surface area contributed by atoms with E-state index in [0.29, 0.717) is 11.4 Å². The van der Waals surface area contributed by atoms with Gasteiger partial charge in [-0.25, -0.2) is 4.79 Å². The number of hydrogen-bond donors (Lipinski definition) is 1. The first kappa shape index (κ1) is 18.9. The van der Waals surface area contributed by atoms with Crippen LogP contribution in [0.2, 0.25) is 0 Å². The van der Waals surface area contributed by atoms with Gasteiger partial charge in [0.2, 0.25) is 0 Å². The molecule has 0 spiro atoms. The summed E-state index contributed by atoms with van der Waals surface area (Å²) in [5.74, 6) is 2.26. The van der Waals surface area contributed by atoms with Gasteiger partial charge >= 0.3 is 6.03 Å². The maximum absolute atomic E-state index is 12.9. The van der Waals surface area contributed by atoms with Crippen molar-refractivity contribution in [3.8, 4) is 17.2 Å². The smallest absolute Gasteiger partial charge is 0.322 e. The molecule has 1 saturated heterocycles. The largest absolute Gasteiger partial charge is 0.497 e. The Labute approximate surface area is 170 Å². The number of likely N-dealkylation sites (tertiary alicyclic amines) is 1. The molecule has 1 aliphatic heterocycles. The minimum atomic E-state index is -0.0971. The number of benzene rings is 3. The van der Waals surface area contributed by atoms with Crippen molar-refractivity contribution in [1.82, 2.24) is 4.90 Å². The molecule has 3 aromatic rings. The number of carbonyl (C=O) groups is 1. The molecule has 1 N–H and O–H groups in total. The monoisotopic (exact) mass is 388 g/mol. The lowest BCUT2D eigenvalue weighted by Gasteiger charge is -2.25. The van der Waals surface area contributed by atoms with Gasteiger partial charge in [-0.15, -0.1) is 0 Å². The average molecular weight is 388 g/mol. The highest BCUT2D eigenvalue weighted by molar-refractivity contribution is 5.90. The third kappa shape index (κ3) is 4.51. The Morgan fingerprint density at radius 2 is 1.69 bits per heavy atom. The van der Waals surface area contributed by atoms with E-state index in [2.05, 4.69) is 5.32 Å². The van der Waals surface area contributed by atoms with E-state index in [9.17, 15) is 4.79 Å². The zero-order valence-electron chi connectivity index (χ0n) is 16.4. The number of nitrogens with one attached hydrogen (secondary N) is 1. The van der Waals surface area contributed by atoms with Gasteiger partial charge in [0, 0.05) is 18.3 Å². The molecular weight excluding hydrogens is 364 g/mol. The summed E-state index contributed by atoms with van der Waals surface area (Å²) < 4.78 is 11.1. The van der Waals surface area contributed by atoms with Crippen molar-refractivity contribution in [3.63, 3.8) is 0 Å². The van der Waals surface area contributed by atoms with E-state index < -0.39 is 0 Å². The fraction of sp³-hybridized carbons (Fsp3) is 0.208. The first-order valence-corrected chi connectivity index (χ1v) is 9.77. The van der Waals surface area contributed by atoms with Gasteiger partial charge in [-0.3, -0.25) is 0 Å². The zero-order valence-corrected chi connectivity index (χ0v) is 16.4. The minimum Gasteiger partial charge on any atom is -0.497 e. The number of methoxy groups -OCH3 is 1. The summed E-state index contributed by atoms with van der Waals surface area (Å²) in [6, 6.07) is 25.0. The Balaban J connectivity index is 1.44. The third-order valence-corrected chi connectivity index (χ3v) is 5.08. The van der Waals surface area contributed by atoms with Crippen LogP contribution in [0, 0.1) is 0 Å². The minimum absolute atomic E-state index is 0.0738. The molecule has 4 rings (SSSR count). The van der Waals surface area contributed by atoms with E-state index >= 15 is 0 Å². The van der Waals surface area contributed by atoms with Gasteiger partial charge in [0.05, 0.1) is 13.2 Å². The summed E-state index contributed by atoms with van der Waals surface area (Å²) >= 11 is 0. The van der Waals surface area contributed by atoms with Crippen LogP contribution in [-0.4, -0.2) is 24.6 Å². The van der Waals surface area contributed by atoms with Crippen LogP contribution in [0.15, 0.2) is 78.9 Å². The summed E-state index contributed by atoms with van der Waals surface area (Å²) in [5.41, 5.74) is 1.84. The van der Waals surface area contributed by atoms with Crippen LogP contribution in [-0.2, 0) is 0 Å². The quantitative estimate of drug-likeness (QED) is 0.596. The van der Waals surface area contributed by atoms with Crippen LogP contribution in [0.1, 0.15) is 24.4 Å². The number of amides is 2. The van der Waals surface area contributed by atoms with Crippen LogP contribution in [0.3, 0.4) is 0 Å². The molecule has 29 heavy (non-hydrogen) atoms. The maximum atomic E-state index is 12.9. The van der Waals surface area contributed by atoms with Gasteiger partial charge in [-0.1, -0.05) is 36.4 Å². The standard InChI is InChI=1S/C24H24N2O3/c1-28-20-14-12-18(13-15-20)23-11-6-16-26(23)24(27)25-19-7-5-10-22(17-19)29-21-8-3-2-4-9-21/h2-5,7-10,12-15,17,23H,6,11,16H2,1H3,(H,25,27).